The second kappa shape index (κ2) is 8.04. The van der Waals surface area contributed by atoms with Gasteiger partial charge in [0.05, 0.1) is 19.0 Å². The Bertz CT molecular complexity index is 599. The first-order valence-corrected chi connectivity index (χ1v) is 7.58. The van der Waals surface area contributed by atoms with Crippen molar-refractivity contribution in [3.63, 3.8) is 0 Å². The smallest absolute Gasteiger partial charge is 0.422 e. The van der Waals surface area contributed by atoms with E-state index in [0.29, 0.717) is 24.4 Å². The number of aromatic nitrogens is 1. The van der Waals surface area contributed by atoms with Gasteiger partial charge in [-0.2, -0.15) is 13.2 Å². The fourth-order valence-corrected chi connectivity index (χ4v) is 2.38. The number of ether oxygens (including phenoxy) is 2. The highest BCUT2D eigenvalue weighted by molar-refractivity contribution is 5.92. The quantitative estimate of drug-likeness (QED) is 0.891. The number of carbonyl (C=O) groups is 2. The van der Waals surface area contributed by atoms with Crippen LogP contribution in [0, 0.1) is 5.92 Å². The maximum Gasteiger partial charge on any atom is 0.422 e. The number of likely N-dealkylation sites (tertiary alicyclic amines) is 1. The van der Waals surface area contributed by atoms with E-state index in [1.165, 1.54) is 18.2 Å². The van der Waals surface area contributed by atoms with E-state index in [4.69, 9.17) is 4.74 Å². The molecule has 10 heteroatoms. The molecule has 0 aliphatic carbocycles. The molecule has 1 aromatic heterocycles. The third-order valence-corrected chi connectivity index (χ3v) is 3.70. The number of pyridine rings is 1. The molecule has 2 amide bonds. The van der Waals surface area contributed by atoms with Gasteiger partial charge in [0.2, 0.25) is 11.8 Å². The zero-order chi connectivity index (χ0) is 18.4. The average Bonchev–Trinajstić information content (AvgIpc) is 2.60. The molecule has 0 saturated carbocycles. The summed E-state index contributed by atoms with van der Waals surface area (Å²) in [7, 11) is 1.48. The van der Waals surface area contributed by atoms with Crippen molar-refractivity contribution in [2.75, 3.05) is 32.1 Å². The molecular formula is C15H18F3N3O4. The number of carbonyl (C=O) groups excluding carboxylic acids is 2. The van der Waals surface area contributed by atoms with Crippen LogP contribution in [-0.4, -0.2) is 54.9 Å². The Morgan fingerprint density at radius 3 is 2.52 bits per heavy atom. The van der Waals surface area contributed by atoms with Gasteiger partial charge < -0.3 is 19.7 Å². The summed E-state index contributed by atoms with van der Waals surface area (Å²) in [4.78, 5) is 28.9. The molecule has 0 aromatic carbocycles. The lowest BCUT2D eigenvalue weighted by molar-refractivity contribution is -0.162. The van der Waals surface area contributed by atoms with Gasteiger partial charge in [-0.05, 0) is 18.9 Å². The SMILES string of the molecule is COc1ccc(NC(=O)C2CCN(C(=O)OCC(F)(F)F)CC2)cn1. The zero-order valence-corrected chi connectivity index (χ0v) is 13.5. The van der Waals surface area contributed by atoms with Gasteiger partial charge in [0, 0.05) is 25.1 Å². The van der Waals surface area contributed by atoms with Crippen LogP contribution in [0.5, 0.6) is 5.88 Å². The van der Waals surface area contributed by atoms with E-state index in [2.05, 4.69) is 15.0 Å². The van der Waals surface area contributed by atoms with Gasteiger partial charge in [0.15, 0.2) is 6.61 Å². The molecule has 0 atom stereocenters. The van der Waals surface area contributed by atoms with E-state index < -0.39 is 18.9 Å². The number of rotatable bonds is 4. The van der Waals surface area contributed by atoms with Crippen molar-refractivity contribution in [1.82, 2.24) is 9.88 Å². The number of anilines is 1. The summed E-state index contributed by atoms with van der Waals surface area (Å²) in [5.74, 6) is -0.146. The summed E-state index contributed by atoms with van der Waals surface area (Å²) < 4.78 is 45.3. The van der Waals surface area contributed by atoms with Crippen LogP contribution >= 0.6 is 0 Å². The van der Waals surface area contributed by atoms with Crippen molar-refractivity contribution < 1.29 is 32.2 Å². The van der Waals surface area contributed by atoms with E-state index in [1.54, 1.807) is 12.1 Å². The van der Waals surface area contributed by atoms with E-state index in [9.17, 15) is 22.8 Å². The first kappa shape index (κ1) is 18.8. The normalized spacial score (nSPS) is 15.6. The van der Waals surface area contributed by atoms with Crippen molar-refractivity contribution in [3.05, 3.63) is 18.3 Å². The van der Waals surface area contributed by atoms with Crippen molar-refractivity contribution in [3.8, 4) is 5.88 Å². The molecule has 0 bridgehead atoms. The number of nitrogens with zero attached hydrogens (tertiary/aromatic N) is 2. The maximum absolute atomic E-state index is 12.2. The first-order valence-electron chi connectivity index (χ1n) is 7.58. The molecule has 138 valence electrons. The van der Waals surface area contributed by atoms with Gasteiger partial charge in [-0.25, -0.2) is 9.78 Å². The molecule has 0 unspecified atom stereocenters. The molecular weight excluding hydrogens is 343 g/mol. The van der Waals surface area contributed by atoms with Crippen LogP contribution in [0.1, 0.15) is 12.8 Å². The molecule has 0 spiro atoms. The summed E-state index contributed by atoms with van der Waals surface area (Å²) in [6, 6.07) is 3.25. The Morgan fingerprint density at radius 1 is 1.32 bits per heavy atom. The summed E-state index contributed by atoms with van der Waals surface area (Å²) in [6.45, 7) is -1.29. The lowest BCUT2D eigenvalue weighted by atomic mass is 9.96. The second-order valence-electron chi connectivity index (χ2n) is 5.51. The number of halogens is 3. The Balaban J connectivity index is 1.78. The van der Waals surface area contributed by atoms with E-state index in [0.717, 1.165) is 0 Å². The third-order valence-electron chi connectivity index (χ3n) is 3.70. The summed E-state index contributed by atoms with van der Waals surface area (Å²) in [6.07, 6.45) is -3.43. The number of piperidine rings is 1. The van der Waals surface area contributed by atoms with Gasteiger partial charge >= 0.3 is 12.3 Å². The third kappa shape index (κ3) is 5.80. The lowest BCUT2D eigenvalue weighted by Gasteiger charge is -2.30. The topological polar surface area (TPSA) is 80.8 Å². The first-order chi connectivity index (χ1) is 11.8. The van der Waals surface area contributed by atoms with Crippen LogP contribution in [0.3, 0.4) is 0 Å². The highest BCUT2D eigenvalue weighted by atomic mass is 19.4. The molecule has 1 aliphatic heterocycles. The molecule has 1 aromatic rings. The standard InChI is InChI=1S/C15H18F3N3O4/c1-24-12-3-2-11(8-19-12)20-13(22)10-4-6-21(7-5-10)14(23)25-9-15(16,17)18/h2-3,8,10H,4-7,9H2,1H3,(H,20,22). The maximum atomic E-state index is 12.2. The monoisotopic (exact) mass is 361 g/mol. The van der Waals surface area contributed by atoms with Crippen LogP contribution in [0.25, 0.3) is 0 Å². The highest BCUT2D eigenvalue weighted by Gasteiger charge is 2.32. The molecule has 1 aliphatic rings. The molecule has 2 rings (SSSR count). The molecule has 7 nitrogen and oxygen atoms in total. The largest absolute Gasteiger partial charge is 0.481 e. The van der Waals surface area contributed by atoms with E-state index in [-0.39, 0.29) is 24.9 Å². The highest BCUT2D eigenvalue weighted by Crippen LogP contribution is 2.21. The fourth-order valence-electron chi connectivity index (χ4n) is 2.38. The van der Waals surface area contributed by atoms with Crippen LogP contribution in [0.15, 0.2) is 18.3 Å². The van der Waals surface area contributed by atoms with Gasteiger partial charge in [-0.1, -0.05) is 0 Å². The Morgan fingerprint density at radius 2 is 2.00 bits per heavy atom. The predicted molar refractivity (Wildman–Crippen MR) is 81.1 cm³/mol. The minimum absolute atomic E-state index is 0.162. The van der Waals surface area contributed by atoms with Gasteiger partial charge in [0.25, 0.3) is 0 Å². The summed E-state index contributed by atoms with van der Waals surface area (Å²) >= 11 is 0. The molecule has 0 radical (unpaired) electrons. The number of amides is 2. The minimum Gasteiger partial charge on any atom is -0.481 e. The number of methoxy groups -OCH3 is 1. The minimum atomic E-state index is -4.56. The van der Waals surface area contributed by atoms with Gasteiger partial charge in [0.1, 0.15) is 0 Å². The number of hydrogen-bond donors (Lipinski definition) is 1. The van der Waals surface area contributed by atoms with Crippen LogP contribution in [-0.2, 0) is 9.53 Å². The van der Waals surface area contributed by atoms with Crippen molar-refractivity contribution in [1.29, 1.82) is 0 Å². The number of alkyl halides is 3. The molecule has 1 N–H and O–H groups in total. The molecule has 1 saturated heterocycles. The summed E-state index contributed by atoms with van der Waals surface area (Å²) in [5, 5.41) is 2.71. The lowest BCUT2D eigenvalue weighted by Crippen LogP contribution is -2.42. The van der Waals surface area contributed by atoms with Crippen LogP contribution < -0.4 is 10.1 Å². The van der Waals surface area contributed by atoms with E-state index >= 15 is 0 Å². The van der Waals surface area contributed by atoms with Gasteiger partial charge in [-0.15, -0.1) is 0 Å². The van der Waals surface area contributed by atoms with E-state index in [1.807, 2.05) is 0 Å². The summed E-state index contributed by atoms with van der Waals surface area (Å²) in [5.41, 5.74) is 0.512. The number of hydrogen-bond acceptors (Lipinski definition) is 5. The van der Waals surface area contributed by atoms with Crippen molar-refractivity contribution >= 4 is 17.7 Å². The second-order valence-corrected chi connectivity index (χ2v) is 5.51. The van der Waals surface area contributed by atoms with Gasteiger partial charge in [-0.3, -0.25) is 4.79 Å². The Labute approximate surface area is 142 Å². The molecule has 2 heterocycles. The Kier molecular flexibility index (Phi) is 6.05. The Hall–Kier alpha value is -2.52. The average molecular weight is 361 g/mol. The molecule has 25 heavy (non-hydrogen) atoms. The molecule has 1 fully saturated rings. The zero-order valence-electron chi connectivity index (χ0n) is 13.5. The number of nitrogens with one attached hydrogen (secondary N) is 1. The van der Waals surface area contributed by atoms with Crippen molar-refractivity contribution in [2.24, 2.45) is 5.92 Å². The van der Waals surface area contributed by atoms with Crippen LogP contribution in [0.2, 0.25) is 0 Å². The van der Waals surface area contributed by atoms with Crippen LogP contribution in [0.4, 0.5) is 23.7 Å². The fraction of sp³-hybridized carbons (Fsp3) is 0.533. The van der Waals surface area contributed by atoms with Crippen molar-refractivity contribution in [2.45, 2.75) is 19.0 Å². The predicted octanol–water partition coefficient (Wildman–Crippen LogP) is 2.44.